The number of rotatable bonds is 5. The number of carbonyl (C=O) groups is 1. The van der Waals surface area contributed by atoms with E-state index < -0.39 is 10.2 Å². The summed E-state index contributed by atoms with van der Waals surface area (Å²) in [5.74, 6) is 0.455. The molecule has 0 aromatic carbocycles. The number of hydrogen-bond donors (Lipinski definition) is 1. The maximum absolute atomic E-state index is 12.5. The molecule has 1 aliphatic carbocycles. The highest BCUT2D eigenvalue weighted by Crippen LogP contribution is 2.29. The maximum Gasteiger partial charge on any atom is 0.279 e. The van der Waals surface area contributed by atoms with Crippen molar-refractivity contribution in [1.29, 1.82) is 0 Å². The predicted octanol–water partition coefficient (Wildman–Crippen LogP) is 0.312. The van der Waals surface area contributed by atoms with E-state index in [-0.39, 0.29) is 18.4 Å². The van der Waals surface area contributed by atoms with Crippen molar-refractivity contribution in [2.24, 2.45) is 5.92 Å². The molecule has 9 heteroatoms. The number of fused-ring (bicyclic) bond motifs is 1. The molecule has 2 aliphatic rings. The third kappa shape index (κ3) is 3.62. The highest BCUT2D eigenvalue weighted by Gasteiger charge is 2.30. The van der Waals surface area contributed by atoms with Gasteiger partial charge in [0.1, 0.15) is 0 Å². The molecule has 0 saturated heterocycles. The maximum atomic E-state index is 12.5. The van der Waals surface area contributed by atoms with Gasteiger partial charge in [-0.05, 0) is 25.3 Å². The van der Waals surface area contributed by atoms with Gasteiger partial charge < -0.3 is 4.90 Å². The van der Waals surface area contributed by atoms with Gasteiger partial charge in [-0.3, -0.25) is 9.48 Å². The van der Waals surface area contributed by atoms with Crippen LogP contribution < -0.4 is 4.72 Å². The summed E-state index contributed by atoms with van der Waals surface area (Å²) >= 11 is 0. The summed E-state index contributed by atoms with van der Waals surface area (Å²) in [4.78, 5) is 14.4. The van der Waals surface area contributed by atoms with Crippen LogP contribution in [0.1, 0.15) is 37.1 Å². The second-order valence-corrected chi connectivity index (χ2v) is 8.67. The summed E-state index contributed by atoms with van der Waals surface area (Å²) in [6.07, 6.45) is 4.03. The van der Waals surface area contributed by atoms with E-state index in [0.29, 0.717) is 12.2 Å². The zero-order valence-corrected chi connectivity index (χ0v) is 15.0. The normalized spacial score (nSPS) is 19.0. The lowest BCUT2D eigenvalue weighted by Gasteiger charge is -2.30. The number of aromatic nitrogens is 2. The van der Waals surface area contributed by atoms with Crippen molar-refractivity contribution in [3.8, 4) is 0 Å². The SMILES string of the molecule is CN(C)S(=O)(=O)NCc1cc2n(n1)CCCN(C(=O)C1CCC1)C2. The molecule has 0 atom stereocenters. The second-order valence-electron chi connectivity index (χ2n) is 6.70. The molecule has 24 heavy (non-hydrogen) atoms. The third-order valence-electron chi connectivity index (χ3n) is 4.75. The van der Waals surface area contributed by atoms with Crippen LogP contribution in [0.5, 0.6) is 0 Å². The fourth-order valence-corrected chi connectivity index (χ4v) is 3.59. The first-order valence-corrected chi connectivity index (χ1v) is 9.82. The molecule has 3 rings (SSSR count). The quantitative estimate of drug-likeness (QED) is 0.823. The average molecular weight is 355 g/mol. The van der Waals surface area contributed by atoms with Gasteiger partial charge in [0.15, 0.2) is 0 Å². The third-order valence-corrected chi connectivity index (χ3v) is 6.22. The number of nitrogens with one attached hydrogen (secondary N) is 1. The molecule has 0 radical (unpaired) electrons. The van der Waals surface area contributed by atoms with Crippen LogP contribution in [0.25, 0.3) is 0 Å². The Bertz CT molecular complexity index is 709. The number of hydrogen-bond acceptors (Lipinski definition) is 4. The lowest BCUT2D eigenvalue weighted by atomic mass is 9.84. The fraction of sp³-hybridized carbons (Fsp3) is 0.733. The summed E-state index contributed by atoms with van der Waals surface area (Å²) in [6.45, 7) is 2.23. The lowest BCUT2D eigenvalue weighted by Crippen LogP contribution is -2.38. The Labute approximate surface area is 143 Å². The average Bonchev–Trinajstić information content (AvgIpc) is 2.74. The van der Waals surface area contributed by atoms with Gasteiger partial charge >= 0.3 is 0 Å². The smallest absolute Gasteiger partial charge is 0.279 e. The largest absolute Gasteiger partial charge is 0.337 e. The molecule has 1 aromatic heterocycles. The second kappa shape index (κ2) is 6.81. The molecular weight excluding hydrogens is 330 g/mol. The molecule has 1 saturated carbocycles. The molecule has 0 spiro atoms. The van der Waals surface area contributed by atoms with E-state index in [0.717, 1.165) is 48.8 Å². The van der Waals surface area contributed by atoms with Crippen LogP contribution >= 0.6 is 0 Å². The van der Waals surface area contributed by atoms with Crippen LogP contribution in [0.4, 0.5) is 0 Å². The Hall–Kier alpha value is -1.45. The monoisotopic (exact) mass is 355 g/mol. The Morgan fingerprint density at radius 2 is 2.08 bits per heavy atom. The van der Waals surface area contributed by atoms with Crippen LogP contribution in [-0.2, 0) is 34.6 Å². The molecule has 0 unspecified atom stereocenters. The van der Waals surface area contributed by atoms with E-state index in [1.54, 1.807) is 0 Å². The van der Waals surface area contributed by atoms with Crippen molar-refractivity contribution in [2.45, 2.75) is 45.3 Å². The Morgan fingerprint density at radius 3 is 2.71 bits per heavy atom. The minimum Gasteiger partial charge on any atom is -0.337 e. The van der Waals surface area contributed by atoms with Crippen LogP contribution in [-0.4, -0.2) is 54.0 Å². The zero-order chi connectivity index (χ0) is 17.3. The first kappa shape index (κ1) is 17.4. The van der Waals surface area contributed by atoms with Crippen molar-refractivity contribution in [2.75, 3.05) is 20.6 Å². The Balaban J connectivity index is 1.67. The van der Waals surface area contributed by atoms with Crippen LogP contribution in [0, 0.1) is 5.92 Å². The predicted molar refractivity (Wildman–Crippen MR) is 89.0 cm³/mol. The minimum absolute atomic E-state index is 0.150. The van der Waals surface area contributed by atoms with E-state index in [2.05, 4.69) is 9.82 Å². The van der Waals surface area contributed by atoms with Gasteiger partial charge in [-0.1, -0.05) is 6.42 Å². The summed E-state index contributed by atoms with van der Waals surface area (Å²) < 4.78 is 29.1. The van der Waals surface area contributed by atoms with Crippen molar-refractivity contribution in [3.05, 3.63) is 17.5 Å². The number of carbonyl (C=O) groups excluding carboxylic acids is 1. The number of aryl methyl sites for hydroxylation is 1. The topological polar surface area (TPSA) is 87.5 Å². The van der Waals surface area contributed by atoms with Gasteiger partial charge in [0.25, 0.3) is 10.2 Å². The molecule has 1 amide bonds. The summed E-state index contributed by atoms with van der Waals surface area (Å²) in [5, 5.41) is 4.48. The van der Waals surface area contributed by atoms with E-state index in [4.69, 9.17) is 0 Å². The molecule has 1 N–H and O–H groups in total. The molecule has 2 heterocycles. The molecule has 1 aliphatic heterocycles. The lowest BCUT2D eigenvalue weighted by molar-refractivity contribution is -0.138. The molecule has 8 nitrogen and oxygen atoms in total. The van der Waals surface area contributed by atoms with Crippen LogP contribution in [0.15, 0.2) is 6.07 Å². The summed E-state index contributed by atoms with van der Waals surface area (Å²) in [7, 11) is -0.505. The molecular formula is C15H25N5O3S. The van der Waals surface area contributed by atoms with E-state index >= 15 is 0 Å². The first-order valence-electron chi connectivity index (χ1n) is 8.38. The van der Waals surface area contributed by atoms with E-state index in [9.17, 15) is 13.2 Å². The number of amides is 1. The molecule has 1 fully saturated rings. The summed E-state index contributed by atoms with van der Waals surface area (Å²) in [5.41, 5.74) is 1.65. The van der Waals surface area contributed by atoms with Gasteiger partial charge in [-0.2, -0.15) is 22.5 Å². The molecule has 1 aromatic rings. The number of nitrogens with zero attached hydrogens (tertiary/aromatic N) is 4. The van der Waals surface area contributed by atoms with E-state index in [1.807, 2.05) is 15.6 Å². The highest BCUT2D eigenvalue weighted by molar-refractivity contribution is 7.87. The van der Waals surface area contributed by atoms with Crippen LogP contribution in [0.2, 0.25) is 0 Å². The molecule has 134 valence electrons. The first-order chi connectivity index (χ1) is 11.4. The standard InChI is InChI=1S/C15H25N5O3S/c1-18(2)24(22,23)16-10-13-9-14-11-19(7-4-8-20(14)17-13)15(21)12-5-3-6-12/h9,12,16H,3-8,10-11H2,1-2H3. The van der Waals surface area contributed by atoms with Crippen LogP contribution in [0.3, 0.4) is 0 Å². The Morgan fingerprint density at radius 1 is 1.33 bits per heavy atom. The van der Waals surface area contributed by atoms with Crippen molar-refractivity contribution < 1.29 is 13.2 Å². The Kier molecular flexibility index (Phi) is 4.93. The van der Waals surface area contributed by atoms with Gasteiger partial charge in [0.05, 0.1) is 24.5 Å². The van der Waals surface area contributed by atoms with Gasteiger partial charge in [0, 0.05) is 33.1 Å². The molecule has 0 bridgehead atoms. The summed E-state index contributed by atoms with van der Waals surface area (Å²) in [6, 6.07) is 1.89. The van der Waals surface area contributed by atoms with Gasteiger partial charge in [0.2, 0.25) is 5.91 Å². The van der Waals surface area contributed by atoms with Gasteiger partial charge in [-0.15, -0.1) is 0 Å². The zero-order valence-electron chi connectivity index (χ0n) is 14.2. The van der Waals surface area contributed by atoms with Crippen molar-refractivity contribution in [1.82, 2.24) is 23.7 Å². The van der Waals surface area contributed by atoms with Gasteiger partial charge in [-0.25, -0.2) is 0 Å². The highest BCUT2D eigenvalue weighted by atomic mass is 32.2. The van der Waals surface area contributed by atoms with E-state index in [1.165, 1.54) is 14.1 Å². The minimum atomic E-state index is -3.47. The fourth-order valence-electron chi connectivity index (χ4n) is 3.00. The van der Waals surface area contributed by atoms with Crippen molar-refractivity contribution >= 4 is 16.1 Å². The van der Waals surface area contributed by atoms with Crippen molar-refractivity contribution in [3.63, 3.8) is 0 Å².